The van der Waals surface area contributed by atoms with E-state index in [1.54, 1.807) is 7.11 Å². The van der Waals surface area contributed by atoms with Crippen LogP contribution < -0.4 is 0 Å². The first-order valence-corrected chi connectivity index (χ1v) is 4.46. The summed E-state index contributed by atoms with van der Waals surface area (Å²) < 4.78 is 10.2. The lowest BCUT2D eigenvalue weighted by atomic mass is 9.84. The van der Waals surface area contributed by atoms with Gasteiger partial charge in [-0.25, -0.2) is 0 Å². The summed E-state index contributed by atoms with van der Waals surface area (Å²) in [6.07, 6.45) is 1.88. The predicted molar refractivity (Wildman–Crippen MR) is 46.0 cm³/mol. The molecule has 0 aromatic heterocycles. The number of ether oxygens (including phenoxy) is 2. The van der Waals surface area contributed by atoms with Crippen LogP contribution in [0.15, 0.2) is 0 Å². The minimum absolute atomic E-state index is 0.325. The molecule has 12 heavy (non-hydrogen) atoms. The maximum absolute atomic E-state index is 9.96. The van der Waals surface area contributed by atoms with Crippen LogP contribution in [-0.4, -0.2) is 37.6 Å². The summed E-state index contributed by atoms with van der Waals surface area (Å²) >= 11 is 0. The maximum Gasteiger partial charge on any atom is 0.0881 e. The van der Waals surface area contributed by atoms with Gasteiger partial charge in [-0.15, -0.1) is 0 Å². The summed E-state index contributed by atoms with van der Waals surface area (Å²) in [5, 5.41) is 9.96. The predicted octanol–water partition coefficient (Wildman–Crippen LogP) is 0.810. The summed E-state index contributed by atoms with van der Waals surface area (Å²) in [7, 11) is 1.62. The zero-order chi connectivity index (χ0) is 9.03. The van der Waals surface area contributed by atoms with Crippen LogP contribution in [0.1, 0.15) is 19.8 Å². The molecule has 3 heteroatoms. The molecule has 0 aliphatic carbocycles. The quantitative estimate of drug-likeness (QED) is 0.688. The van der Waals surface area contributed by atoms with Crippen LogP contribution in [-0.2, 0) is 9.47 Å². The Morgan fingerprint density at radius 1 is 1.50 bits per heavy atom. The molecule has 1 fully saturated rings. The van der Waals surface area contributed by atoms with Crippen LogP contribution in [0, 0.1) is 5.92 Å². The van der Waals surface area contributed by atoms with Gasteiger partial charge in [0, 0.05) is 20.3 Å². The molecule has 1 atom stereocenters. The van der Waals surface area contributed by atoms with Gasteiger partial charge in [0.05, 0.1) is 12.2 Å². The van der Waals surface area contributed by atoms with Crippen molar-refractivity contribution in [3.8, 4) is 0 Å². The molecule has 1 aliphatic rings. The summed E-state index contributed by atoms with van der Waals surface area (Å²) in [6.45, 7) is 3.79. The van der Waals surface area contributed by atoms with E-state index in [0.29, 0.717) is 12.5 Å². The highest BCUT2D eigenvalue weighted by Crippen LogP contribution is 2.27. The molecule has 0 spiro atoms. The second-order valence-corrected chi connectivity index (χ2v) is 3.68. The third-order valence-corrected chi connectivity index (χ3v) is 2.54. The largest absolute Gasteiger partial charge is 0.387 e. The second kappa shape index (κ2) is 4.21. The number of aliphatic hydroxyl groups is 1. The normalized spacial score (nSPS) is 25.2. The van der Waals surface area contributed by atoms with Crippen LogP contribution >= 0.6 is 0 Å². The average molecular weight is 174 g/mol. The third kappa shape index (κ3) is 2.44. The fourth-order valence-corrected chi connectivity index (χ4v) is 1.73. The van der Waals surface area contributed by atoms with Gasteiger partial charge >= 0.3 is 0 Å². The van der Waals surface area contributed by atoms with Crippen LogP contribution in [0.2, 0.25) is 0 Å². The standard InChI is InChI=1S/C9H18O3/c1-9(10,7-11-2)8-3-5-12-6-4-8/h8,10H,3-7H2,1-2H3. The molecule has 1 N–H and O–H groups in total. The Bertz CT molecular complexity index is 128. The Morgan fingerprint density at radius 3 is 2.58 bits per heavy atom. The van der Waals surface area contributed by atoms with E-state index < -0.39 is 5.60 Å². The van der Waals surface area contributed by atoms with Gasteiger partial charge in [-0.2, -0.15) is 0 Å². The van der Waals surface area contributed by atoms with Crippen LogP contribution in [0.5, 0.6) is 0 Å². The Kier molecular flexibility index (Phi) is 3.50. The van der Waals surface area contributed by atoms with Crippen LogP contribution in [0.4, 0.5) is 0 Å². The zero-order valence-corrected chi connectivity index (χ0v) is 7.88. The molecule has 1 rings (SSSR count). The van der Waals surface area contributed by atoms with Crippen molar-refractivity contribution in [2.75, 3.05) is 26.9 Å². The fourth-order valence-electron chi connectivity index (χ4n) is 1.73. The molecule has 0 aromatic rings. The molecule has 0 bridgehead atoms. The lowest BCUT2D eigenvalue weighted by Gasteiger charge is -2.34. The van der Waals surface area contributed by atoms with Gasteiger partial charge in [0.25, 0.3) is 0 Å². The van der Waals surface area contributed by atoms with Gasteiger partial charge in [-0.05, 0) is 25.7 Å². The number of hydrogen-bond acceptors (Lipinski definition) is 3. The van der Waals surface area contributed by atoms with Crippen molar-refractivity contribution in [1.29, 1.82) is 0 Å². The summed E-state index contributed by atoms with van der Waals surface area (Å²) in [5.41, 5.74) is -0.682. The molecule has 0 saturated carbocycles. The SMILES string of the molecule is COCC(C)(O)C1CCOCC1. The molecule has 0 aromatic carbocycles. The first-order chi connectivity index (χ1) is 5.67. The minimum atomic E-state index is -0.682. The number of methoxy groups -OCH3 is 1. The van der Waals surface area contributed by atoms with E-state index in [4.69, 9.17) is 9.47 Å². The van der Waals surface area contributed by atoms with Crippen molar-refractivity contribution >= 4 is 0 Å². The smallest absolute Gasteiger partial charge is 0.0881 e. The van der Waals surface area contributed by atoms with Crippen molar-refractivity contribution in [2.45, 2.75) is 25.4 Å². The van der Waals surface area contributed by atoms with E-state index in [0.717, 1.165) is 26.1 Å². The molecule has 1 heterocycles. The fraction of sp³-hybridized carbons (Fsp3) is 1.00. The van der Waals surface area contributed by atoms with Gasteiger partial charge in [-0.1, -0.05) is 0 Å². The number of rotatable bonds is 3. The van der Waals surface area contributed by atoms with Crippen molar-refractivity contribution in [1.82, 2.24) is 0 Å². The molecule has 1 unspecified atom stereocenters. The second-order valence-electron chi connectivity index (χ2n) is 3.68. The Hall–Kier alpha value is -0.120. The highest BCUT2D eigenvalue weighted by atomic mass is 16.5. The van der Waals surface area contributed by atoms with Gasteiger partial charge in [0.15, 0.2) is 0 Å². The molecule has 3 nitrogen and oxygen atoms in total. The lowest BCUT2D eigenvalue weighted by molar-refractivity contribution is -0.0909. The first kappa shape index (κ1) is 9.96. The molecule has 72 valence electrons. The molecule has 0 amide bonds. The van der Waals surface area contributed by atoms with E-state index in [1.807, 2.05) is 6.92 Å². The van der Waals surface area contributed by atoms with E-state index in [1.165, 1.54) is 0 Å². The average Bonchev–Trinajstić information content (AvgIpc) is 2.06. The topological polar surface area (TPSA) is 38.7 Å². The van der Waals surface area contributed by atoms with Crippen LogP contribution in [0.25, 0.3) is 0 Å². The van der Waals surface area contributed by atoms with Crippen molar-refractivity contribution in [3.05, 3.63) is 0 Å². The van der Waals surface area contributed by atoms with Crippen molar-refractivity contribution in [3.63, 3.8) is 0 Å². The first-order valence-electron chi connectivity index (χ1n) is 4.46. The third-order valence-electron chi connectivity index (χ3n) is 2.54. The maximum atomic E-state index is 9.96. The van der Waals surface area contributed by atoms with Gasteiger partial charge in [0.1, 0.15) is 0 Å². The lowest BCUT2D eigenvalue weighted by Crippen LogP contribution is -2.41. The highest BCUT2D eigenvalue weighted by molar-refractivity contribution is 4.83. The van der Waals surface area contributed by atoms with E-state index in [9.17, 15) is 5.11 Å². The summed E-state index contributed by atoms with van der Waals surface area (Å²) in [5.74, 6) is 0.325. The van der Waals surface area contributed by atoms with Crippen molar-refractivity contribution in [2.24, 2.45) is 5.92 Å². The number of hydrogen-bond donors (Lipinski definition) is 1. The minimum Gasteiger partial charge on any atom is -0.387 e. The summed E-state index contributed by atoms with van der Waals surface area (Å²) in [6, 6.07) is 0. The molecular formula is C9H18O3. The molecule has 0 radical (unpaired) electrons. The molecule has 1 saturated heterocycles. The zero-order valence-electron chi connectivity index (χ0n) is 7.88. The highest BCUT2D eigenvalue weighted by Gasteiger charge is 2.32. The Morgan fingerprint density at radius 2 is 2.08 bits per heavy atom. The van der Waals surface area contributed by atoms with Gasteiger partial charge in [0.2, 0.25) is 0 Å². The monoisotopic (exact) mass is 174 g/mol. The van der Waals surface area contributed by atoms with Crippen LogP contribution in [0.3, 0.4) is 0 Å². The van der Waals surface area contributed by atoms with E-state index in [2.05, 4.69) is 0 Å². The Labute approximate surface area is 73.7 Å². The van der Waals surface area contributed by atoms with E-state index in [-0.39, 0.29) is 0 Å². The van der Waals surface area contributed by atoms with Gasteiger partial charge in [-0.3, -0.25) is 0 Å². The Balaban J connectivity index is 2.41. The molecular weight excluding hydrogens is 156 g/mol. The van der Waals surface area contributed by atoms with E-state index >= 15 is 0 Å². The molecule has 1 aliphatic heterocycles. The summed E-state index contributed by atoms with van der Waals surface area (Å²) in [4.78, 5) is 0. The van der Waals surface area contributed by atoms with Gasteiger partial charge < -0.3 is 14.6 Å². The van der Waals surface area contributed by atoms with Crippen molar-refractivity contribution < 1.29 is 14.6 Å².